The van der Waals surface area contributed by atoms with Gasteiger partial charge in [-0.05, 0) is 70.5 Å². The van der Waals surface area contributed by atoms with E-state index >= 15 is 0 Å². The predicted molar refractivity (Wildman–Crippen MR) is 170 cm³/mol. The van der Waals surface area contributed by atoms with Gasteiger partial charge < -0.3 is 15.1 Å². The number of piperidine rings is 1. The van der Waals surface area contributed by atoms with Crippen LogP contribution in [0.5, 0.6) is 0 Å². The zero-order valence-corrected chi connectivity index (χ0v) is 26.4. The van der Waals surface area contributed by atoms with Crippen LogP contribution in [0.2, 0.25) is 0 Å². The molecule has 1 amide bonds. The van der Waals surface area contributed by atoms with Gasteiger partial charge >= 0.3 is 0 Å². The smallest absolute Gasteiger partial charge is 0.254 e. The molecule has 41 heavy (non-hydrogen) atoms. The summed E-state index contributed by atoms with van der Waals surface area (Å²) < 4.78 is 0. The van der Waals surface area contributed by atoms with Crippen LogP contribution in [0, 0.1) is 13.8 Å². The minimum atomic E-state index is -0.0130. The lowest BCUT2D eigenvalue weighted by atomic mass is 9.90. The molecule has 0 saturated carbocycles. The SMILES string of the molecule is CC.CNC(/C=C\N(C)c1ccnc(C)c1/C=C(\C)CN1CCC(c2ncc(C(=O)N(C)C)cc2C)CC1)=C/C=O. The summed E-state index contributed by atoms with van der Waals surface area (Å²) in [6.45, 7) is 13.2. The number of rotatable bonds is 10. The van der Waals surface area contributed by atoms with Crippen LogP contribution >= 0.6 is 0 Å². The lowest BCUT2D eigenvalue weighted by molar-refractivity contribution is -0.104. The summed E-state index contributed by atoms with van der Waals surface area (Å²) in [5, 5.41) is 3.01. The number of aldehydes is 1. The molecule has 0 bridgehead atoms. The van der Waals surface area contributed by atoms with Crippen LogP contribution < -0.4 is 10.2 Å². The number of nitrogens with one attached hydrogen (secondary N) is 1. The van der Waals surface area contributed by atoms with Gasteiger partial charge in [-0.2, -0.15) is 0 Å². The molecule has 1 saturated heterocycles. The number of hydrogen-bond acceptors (Lipinski definition) is 7. The van der Waals surface area contributed by atoms with Crippen LogP contribution in [0.15, 0.2) is 54.1 Å². The number of anilines is 1. The van der Waals surface area contributed by atoms with Crippen molar-refractivity contribution >= 4 is 24.0 Å². The van der Waals surface area contributed by atoms with Crippen molar-refractivity contribution in [1.29, 1.82) is 0 Å². The summed E-state index contributed by atoms with van der Waals surface area (Å²) in [6, 6.07) is 3.99. The highest BCUT2D eigenvalue weighted by atomic mass is 16.2. The first kappa shape index (κ1) is 33.4. The van der Waals surface area contributed by atoms with Gasteiger partial charge in [-0.3, -0.25) is 24.5 Å². The normalized spacial score (nSPS) is 14.9. The molecule has 2 aromatic heterocycles. The molecule has 1 N–H and O–H groups in total. The van der Waals surface area contributed by atoms with Gasteiger partial charge in [-0.1, -0.05) is 25.5 Å². The van der Waals surface area contributed by atoms with Gasteiger partial charge in [0.1, 0.15) is 6.29 Å². The first-order valence-corrected chi connectivity index (χ1v) is 14.4. The second-order valence-corrected chi connectivity index (χ2v) is 10.4. The third kappa shape index (κ3) is 9.39. The van der Waals surface area contributed by atoms with Gasteiger partial charge in [0.05, 0.1) is 11.3 Å². The van der Waals surface area contributed by atoms with E-state index in [4.69, 9.17) is 4.98 Å². The first-order valence-electron chi connectivity index (χ1n) is 14.4. The van der Waals surface area contributed by atoms with Crippen LogP contribution in [0.4, 0.5) is 5.69 Å². The maximum Gasteiger partial charge on any atom is 0.254 e. The highest BCUT2D eigenvalue weighted by Gasteiger charge is 2.24. The number of allylic oxidation sites excluding steroid dienone is 2. The van der Waals surface area contributed by atoms with E-state index in [9.17, 15) is 9.59 Å². The summed E-state index contributed by atoms with van der Waals surface area (Å²) in [7, 11) is 7.31. The Labute approximate surface area is 246 Å². The third-order valence-electron chi connectivity index (χ3n) is 7.17. The summed E-state index contributed by atoms with van der Waals surface area (Å²) in [5.74, 6) is 0.401. The molecule has 0 radical (unpaired) electrons. The molecule has 3 heterocycles. The van der Waals surface area contributed by atoms with E-state index in [1.165, 1.54) is 11.6 Å². The molecule has 0 unspecified atom stereocenters. The van der Waals surface area contributed by atoms with E-state index in [-0.39, 0.29) is 5.91 Å². The number of amides is 1. The number of carbonyl (C=O) groups excluding carboxylic acids is 2. The van der Waals surface area contributed by atoms with Crippen molar-refractivity contribution in [2.24, 2.45) is 0 Å². The Bertz CT molecular complexity index is 1260. The minimum absolute atomic E-state index is 0.0130. The third-order valence-corrected chi connectivity index (χ3v) is 7.17. The maximum atomic E-state index is 12.3. The van der Waals surface area contributed by atoms with Crippen molar-refractivity contribution in [2.45, 2.75) is 53.4 Å². The summed E-state index contributed by atoms with van der Waals surface area (Å²) in [6.07, 6.45) is 14.0. The van der Waals surface area contributed by atoms with E-state index < -0.39 is 0 Å². The largest absolute Gasteiger partial charge is 0.388 e. The quantitative estimate of drug-likeness (QED) is 0.238. The van der Waals surface area contributed by atoms with Crippen molar-refractivity contribution in [3.63, 3.8) is 0 Å². The fourth-order valence-corrected chi connectivity index (χ4v) is 5.02. The molecule has 3 rings (SSSR count). The Morgan fingerprint density at radius 1 is 1.15 bits per heavy atom. The molecule has 0 aliphatic carbocycles. The molecular formula is C33H48N6O2. The number of pyridine rings is 2. The van der Waals surface area contributed by atoms with Gasteiger partial charge in [0.2, 0.25) is 0 Å². The minimum Gasteiger partial charge on any atom is -0.388 e. The van der Waals surface area contributed by atoms with Gasteiger partial charge in [-0.25, -0.2) is 0 Å². The predicted octanol–water partition coefficient (Wildman–Crippen LogP) is 5.36. The molecule has 1 aliphatic rings. The molecule has 222 valence electrons. The summed E-state index contributed by atoms with van der Waals surface area (Å²) in [5.41, 5.74) is 7.99. The highest BCUT2D eigenvalue weighted by Crippen LogP contribution is 2.30. The van der Waals surface area contributed by atoms with Crippen molar-refractivity contribution in [2.75, 3.05) is 52.7 Å². The first-order chi connectivity index (χ1) is 19.6. The average molecular weight is 561 g/mol. The summed E-state index contributed by atoms with van der Waals surface area (Å²) in [4.78, 5) is 38.5. The lowest BCUT2D eigenvalue weighted by Gasteiger charge is -2.32. The second kappa shape index (κ2) is 16.5. The maximum absolute atomic E-state index is 12.3. The van der Waals surface area contributed by atoms with Crippen molar-refractivity contribution < 1.29 is 9.59 Å². The number of aryl methyl sites for hydroxylation is 2. The van der Waals surface area contributed by atoms with Crippen LogP contribution in [0.1, 0.15) is 72.4 Å². The number of likely N-dealkylation sites (tertiary alicyclic amines) is 1. The van der Waals surface area contributed by atoms with Crippen molar-refractivity contribution in [1.82, 2.24) is 25.1 Å². The molecular weight excluding hydrogens is 512 g/mol. The van der Waals surface area contributed by atoms with Crippen LogP contribution in [0.3, 0.4) is 0 Å². The van der Waals surface area contributed by atoms with Gasteiger partial charge in [0, 0.05) is 88.0 Å². The number of nitrogens with zero attached hydrogens (tertiary/aromatic N) is 5. The number of aromatic nitrogens is 2. The standard InChI is InChI=1S/C31H42N6O2.C2H6/c1-22(18-28-24(3)33-13-8-29(28)36(7)14-11-27(32-4)12-17-38)21-37-15-9-25(10-16-37)30-23(2)19-26(20-34-30)31(39)35(5)6;1-2/h8,11-14,17-20,25,32H,9-10,15-16,21H2,1-7H3;1-2H3/b14-11-,22-18+,27-12+;. The van der Waals surface area contributed by atoms with Gasteiger partial charge in [0.25, 0.3) is 5.91 Å². The van der Waals surface area contributed by atoms with E-state index in [2.05, 4.69) is 35.1 Å². The number of likely N-dealkylation sites (N-methyl/N-ethyl adjacent to an activating group) is 1. The molecule has 0 aromatic carbocycles. The Hall–Kier alpha value is -3.78. The summed E-state index contributed by atoms with van der Waals surface area (Å²) >= 11 is 0. The molecule has 1 fully saturated rings. The van der Waals surface area contributed by atoms with Crippen molar-refractivity contribution in [3.05, 3.63) is 82.2 Å². The zero-order chi connectivity index (χ0) is 30.5. The van der Waals surface area contributed by atoms with E-state index in [0.29, 0.717) is 11.5 Å². The van der Waals surface area contributed by atoms with Gasteiger partial charge in [-0.15, -0.1) is 0 Å². The van der Waals surface area contributed by atoms with Crippen LogP contribution in [0.25, 0.3) is 6.08 Å². The second-order valence-electron chi connectivity index (χ2n) is 10.4. The van der Waals surface area contributed by atoms with E-state index in [1.54, 1.807) is 32.2 Å². The molecule has 0 atom stereocenters. The fourth-order valence-electron chi connectivity index (χ4n) is 5.02. The topological polar surface area (TPSA) is 81.7 Å². The zero-order valence-electron chi connectivity index (χ0n) is 26.4. The fraction of sp³-hybridized carbons (Fsp3) is 0.455. The molecule has 0 spiro atoms. The molecule has 8 nitrogen and oxygen atoms in total. The Balaban J connectivity index is 0.00000287. The Kier molecular flexibility index (Phi) is 13.4. The van der Waals surface area contributed by atoms with Crippen LogP contribution in [-0.4, -0.2) is 79.8 Å². The lowest BCUT2D eigenvalue weighted by Crippen LogP contribution is -2.34. The Morgan fingerprint density at radius 2 is 1.83 bits per heavy atom. The Morgan fingerprint density at radius 3 is 2.41 bits per heavy atom. The van der Waals surface area contributed by atoms with Crippen LogP contribution in [-0.2, 0) is 4.79 Å². The monoisotopic (exact) mass is 560 g/mol. The molecule has 2 aromatic rings. The molecule has 1 aliphatic heterocycles. The molecule has 8 heteroatoms. The number of carbonyl (C=O) groups is 2. The van der Waals surface area contributed by atoms with Crippen molar-refractivity contribution in [3.8, 4) is 0 Å². The van der Waals surface area contributed by atoms with E-state index in [0.717, 1.165) is 72.7 Å². The number of hydrogen-bond donors (Lipinski definition) is 1. The average Bonchev–Trinajstić information content (AvgIpc) is 2.97. The highest BCUT2D eigenvalue weighted by molar-refractivity contribution is 5.93. The van der Waals surface area contributed by atoms with Gasteiger partial charge in [0.15, 0.2) is 0 Å². The van der Waals surface area contributed by atoms with E-state index in [1.807, 2.05) is 63.3 Å².